The molecule has 1 heterocycles. The number of para-hydroxylation sites is 1. The Morgan fingerprint density at radius 2 is 2.10 bits per heavy atom. The van der Waals surface area contributed by atoms with Crippen molar-refractivity contribution in [2.75, 3.05) is 17.6 Å². The summed E-state index contributed by atoms with van der Waals surface area (Å²) in [6.07, 6.45) is 0.905. The van der Waals surface area contributed by atoms with E-state index in [-0.39, 0.29) is 17.9 Å². The largest absolute Gasteiger partial charge is 0.368 e. The van der Waals surface area contributed by atoms with Crippen molar-refractivity contribution in [2.24, 2.45) is 0 Å². The number of hydrogen-bond acceptors (Lipinski definition) is 5. The summed E-state index contributed by atoms with van der Waals surface area (Å²) >= 11 is 0. The molecule has 1 aromatic carbocycles. The van der Waals surface area contributed by atoms with Crippen LogP contribution in [0.5, 0.6) is 0 Å². The highest BCUT2D eigenvalue weighted by molar-refractivity contribution is 5.92. The van der Waals surface area contributed by atoms with Crippen molar-refractivity contribution >= 4 is 28.6 Å². The Kier molecular flexibility index (Phi) is 4.34. The smallest absolute Gasteiger partial charge is 0.242 e. The highest BCUT2D eigenvalue weighted by atomic mass is 16.2. The average molecular weight is 273 g/mol. The molecule has 0 bridgehead atoms. The first kappa shape index (κ1) is 14.0. The fraction of sp³-hybridized carbons (Fsp3) is 0.357. The number of fused-ring (bicyclic) bond motifs is 1. The molecule has 0 aliphatic rings. The first-order valence-corrected chi connectivity index (χ1v) is 6.68. The van der Waals surface area contributed by atoms with Crippen LogP contribution in [0.1, 0.15) is 20.3 Å². The highest BCUT2D eigenvalue weighted by Gasteiger charge is 2.14. The van der Waals surface area contributed by atoms with Crippen molar-refractivity contribution in [1.82, 2.24) is 15.3 Å². The number of hydrogen-bond donors (Lipinski definition) is 3. The number of benzene rings is 1. The lowest BCUT2D eigenvalue weighted by Crippen LogP contribution is -2.38. The lowest BCUT2D eigenvalue weighted by Gasteiger charge is -2.15. The zero-order chi connectivity index (χ0) is 14.5. The van der Waals surface area contributed by atoms with Crippen molar-refractivity contribution in [3.63, 3.8) is 0 Å². The minimum absolute atomic E-state index is 0.0619. The molecule has 6 heteroatoms. The summed E-state index contributed by atoms with van der Waals surface area (Å²) in [7, 11) is 0. The number of nitrogen functional groups attached to an aromatic ring is 1. The Balaban J connectivity index is 2.22. The number of rotatable bonds is 5. The fourth-order valence-corrected chi connectivity index (χ4v) is 1.88. The van der Waals surface area contributed by atoms with Gasteiger partial charge in [-0.1, -0.05) is 19.1 Å². The van der Waals surface area contributed by atoms with Crippen molar-refractivity contribution in [3.8, 4) is 0 Å². The molecule has 0 radical (unpaired) electrons. The van der Waals surface area contributed by atoms with Crippen LogP contribution in [0.2, 0.25) is 0 Å². The lowest BCUT2D eigenvalue weighted by atomic mass is 10.2. The van der Waals surface area contributed by atoms with Crippen LogP contribution >= 0.6 is 0 Å². The van der Waals surface area contributed by atoms with Gasteiger partial charge in [-0.3, -0.25) is 4.79 Å². The molecular formula is C14H19N5O. The minimum atomic E-state index is -0.390. The van der Waals surface area contributed by atoms with Gasteiger partial charge in [0.2, 0.25) is 11.9 Å². The van der Waals surface area contributed by atoms with E-state index in [0.717, 1.165) is 17.3 Å². The van der Waals surface area contributed by atoms with Crippen LogP contribution in [-0.2, 0) is 4.79 Å². The van der Waals surface area contributed by atoms with E-state index in [2.05, 4.69) is 20.6 Å². The van der Waals surface area contributed by atoms with Crippen LogP contribution in [0, 0.1) is 0 Å². The first-order chi connectivity index (χ1) is 9.61. The van der Waals surface area contributed by atoms with Gasteiger partial charge in [0.15, 0.2) is 0 Å². The standard InChI is InChI=1S/C14H19N5O/c1-3-8-16-13(20)9(2)17-12-10-6-4-5-7-11(10)18-14(15)19-12/h4-7,9H,3,8H2,1-2H3,(H,16,20)(H3,15,17,18,19). The topological polar surface area (TPSA) is 92.9 Å². The predicted molar refractivity (Wildman–Crippen MR) is 80.3 cm³/mol. The number of aromatic nitrogens is 2. The number of carbonyl (C=O) groups excluding carboxylic acids is 1. The number of amides is 1. The quantitative estimate of drug-likeness (QED) is 0.768. The fourth-order valence-electron chi connectivity index (χ4n) is 1.88. The zero-order valence-electron chi connectivity index (χ0n) is 11.7. The maximum atomic E-state index is 11.9. The number of carbonyl (C=O) groups is 1. The second kappa shape index (κ2) is 6.18. The van der Waals surface area contributed by atoms with Crippen LogP contribution in [-0.4, -0.2) is 28.5 Å². The molecular weight excluding hydrogens is 254 g/mol. The van der Waals surface area contributed by atoms with Crippen LogP contribution < -0.4 is 16.4 Å². The molecule has 6 nitrogen and oxygen atoms in total. The van der Waals surface area contributed by atoms with Gasteiger partial charge in [-0.15, -0.1) is 0 Å². The SMILES string of the molecule is CCCNC(=O)C(C)Nc1nc(N)nc2ccccc12. The van der Waals surface area contributed by atoms with E-state index in [1.54, 1.807) is 6.92 Å². The number of anilines is 2. The third-order valence-electron chi connectivity index (χ3n) is 2.92. The normalized spacial score (nSPS) is 12.1. The van der Waals surface area contributed by atoms with Gasteiger partial charge in [0, 0.05) is 11.9 Å². The number of nitrogens with one attached hydrogen (secondary N) is 2. The van der Waals surface area contributed by atoms with Crippen molar-refractivity contribution in [2.45, 2.75) is 26.3 Å². The Morgan fingerprint density at radius 3 is 2.85 bits per heavy atom. The van der Waals surface area contributed by atoms with E-state index >= 15 is 0 Å². The second-order valence-corrected chi connectivity index (χ2v) is 4.60. The third kappa shape index (κ3) is 3.14. The van der Waals surface area contributed by atoms with Gasteiger partial charge in [-0.2, -0.15) is 4.98 Å². The Morgan fingerprint density at radius 1 is 1.35 bits per heavy atom. The van der Waals surface area contributed by atoms with E-state index in [4.69, 9.17) is 5.73 Å². The van der Waals surface area contributed by atoms with E-state index in [1.807, 2.05) is 31.2 Å². The number of nitrogens with zero attached hydrogens (tertiary/aromatic N) is 2. The zero-order valence-corrected chi connectivity index (χ0v) is 11.7. The predicted octanol–water partition coefficient (Wildman–Crippen LogP) is 1.54. The molecule has 2 aromatic rings. The molecule has 2 rings (SSSR count). The third-order valence-corrected chi connectivity index (χ3v) is 2.92. The molecule has 0 aliphatic carbocycles. The van der Waals surface area contributed by atoms with Gasteiger partial charge in [0.1, 0.15) is 11.9 Å². The molecule has 1 atom stereocenters. The molecule has 0 saturated heterocycles. The summed E-state index contributed by atoms with van der Waals surface area (Å²) < 4.78 is 0. The number of nitrogens with two attached hydrogens (primary N) is 1. The van der Waals surface area contributed by atoms with Crippen LogP contribution in [0.25, 0.3) is 10.9 Å². The monoisotopic (exact) mass is 273 g/mol. The molecule has 4 N–H and O–H groups in total. The van der Waals surface area contributed by atoms with Crippen LogP contribution in [0.4, 0.5) is 11.8 Å². The summed E-state index contributed by atoms with van der Waals surface area (Å²) in [5.74, 6) is 0.702. The minimum Gasteiger partial charge on any atom is -0.368 e. The average Bonchev–Trinajstić information content (AvgIpc) is 2.44. The molecule has 1 unspecified atom stereocenters. The molecule has 106 valence electrons. The highest BCUT2D eigenvalue weighted by Crippen LogP contribution is 2.21. The summed E-state index contributed by atoms with van der Waals surface area (Å²) in [5, 5.41) is 6.77. The van der Waals surface area contributed by atoms with E-state index < -0.39 is 0 Å². The van der Waals surface area contributed by atoms with Crippen LogP contribution in [0.3, 0.4) is 0 Å². The molecule has 0 aliphatic heterocycles. The maximum Gasteiger partial charge on any atom is 0.242 e. The molecule has 20 heavy (non-hydrogen) atoms. The molecule has 0 spiro atoms. The maximum absolute atomic E-state index is 11.9. The Bertz CT molecular complexity index is 614. The summed E-state index contributed by atoms with van der Waals surface area (Å²) in [4.78, 5) is 20.2. The summed E-state index contributed by atoms with van der Waals surface area (Å²) in [5.41, 5.74) is 6.45. The summed E-state index contributed by atoms with van der Waals surface area (Å²) in [6.45, 7) is 4.46. The molecule has 1 aromatic heterocycles. The van der Waals surface area contributed by atoms with Crippen molar-refractivity contribution in [3.05, 3.63) is 24.3 Å². The van der Waals surface area contributed by atoms with Gasteiger partial charge in [0.25, 0.3) is 0 Å². The first-order valence-electron chi connectivity index (χ1n) is 6.68. The lowest BCUT2D eigenvalue weighted by molar-refractivity contribution is -0.121. The van der Waals surface area contributed by atoms with Crippen LogP contribution in [0.15, 0.2) is 24.3 Å². The van der Waals surface area contributed by atoms with Gasteiger partial charge >= 0.3 is 0 Å². The van der Waals surface area contributed by atoms with Crippen molar-refractivity contribution in [1.29, 1.82) is 0 Å². The Hall–Kier alpha value is -2.37. The van der Waals surface area contributed by atoms with Gasteiger partial charge in [-0.25, -0.2) is 4.98 Å². The van der Waals surface area contributed by atoms with Crippen molar-refractivity contribution < 1.29 is 4.79 Å². The van der Waals surface area contributed by atoms with E-state index in [1.165, 1.54) is 0 Å². The molecule has 1 amide bonds. The van der Waals surface area contributed by atoms with Gasteiger partial charge < -0.3 is 16.4 Å². The second-order valence-electron chi connectivity index (χ2n) is 4.60. The van der Waals surface area contributed by atoms with Gasteiger partial charge in [-0.05, 0) is 25.5 Å². The van der Waals surface area contributed by atoms with E-state index in [0.29, 0.717) is 12.4 Å². The van der Waals surface area contributed by atoms with E-state index in [9.17, 15) is 4.79 Å². The Labute approximate surface area is 117 Å². The molecule has 0 saturated carbocycles. The molecule has 0 fully saturated rings. The summed E-state index contributed by atoms with van der Waals surface area (Å²) in [6, 6.07) is 7.15. The van der Waals surface area contributed by atoms with Gasteiger partial charge in [0.05, 0.1) is 5.52 Å².